The quantitative estimate of drug-likeness (QED) is 0.412. The van der Waals surface area contributed by atoms with E-state index in [0.29, 0.717) is 19.0 Å². The number of hydrogen-bond acceptors (Lipinski definition) is 4. The standard InChI is InChI=1S/C20H21F2N3O2S/c1-23-20(24-11-13-5-4-7-15(9-13)27-19(21)22)25-12-16(26)18-10-14-6-2-3-8-17(14)28-18/h2-10,16,19,26H,11-12H2,1H3,(H2,23,24,25). The van der Waals surface area contributed by atoms with Crippen molar-refractivity contribution >= 4 is 27.4 Å². The minimum Gasteiger partial charge on any atom is -0.435 e. The van der Waals surface area contributed by atoms with Gasteiger partial charge in [0, 0.05) is 29.7 Å². The monoisotopic (exact) mass is 405 g/mol. The fourth-order valence-electron chi connectivity index (χ4n) is 2.70. The van der Waals surface area contributed by atoms with E-state index in [1.807, 2.05) is 30.3 Å². The van der Waals surface area contributed by atoms with Gasteiger partial charge in [0.2, 0.25) is 0 Å². The first-order valence-electron chi connectivity index (χ1n) is 8.70. The topological polar surface area (TPSA) is 65.9 Å². The van der Waals surface area contributed by atoms with Crippen LogP contribution in [0.2, 0.25) is 0 Å². The van der Waals surface area contributed by atoms with Crippen LogP contribution in [0.3, 0.4) is 0 Å². The maximum absolute atomic E-state index is 12.3. The highest BCUT2D eigenvalue weighted by Crippen LogP contribution is 2.29. The normalized spacial score (nSPS) is 13.0. The zero-order valence-electron chi connectivity index (χ0n) is 15.2. The van der Waals surface area contributed by atoms with E-state index in [4.69, 9.17) is 0 Å². The molecule has 148 valence electrons. The average Bonchev–Trinajstić information content (AvgIpc) is 3.12. The molecule has 0 saturated carbocycles. The summed E-state index contributed by atoms with van der Waals surface area (Å²) in [6, 6.07) is 16.4. The minimum atomic E-state index is -2.85. The number of aliphatic hydroxyl groups is 1. The molecule has 3 aromatic rings. The number of ether oxygens (including phenoxy) is 1. The summed E-state index contributed by atoms with van der Waals surface area (Å²) in [4.78, 5) is 4.99. The van der Waals surface area contributed by atoms with Crippen molar-refractivity contribution < 1.29 is 18.6 Å². The molecule has 0 aliphatic heterocycles. The van der Waals surface area contributed by atoms with E-state index in [-0.39, 0.29) is 5.75 Å². The molecule has 3 N–H and O–H groups in total. The molecule has 0 fully saturated rings. The van der Waals surface area contributed by atoms with Gasteiger partial charge in [-0.25, -0.2) is 0 Å². The van der Waals surface area contributed by atoms with Gasteiger partial charge in [0.05, 0.1) is 0 Å². The van der Waals surface area contributed by atoms with Crippen LogP contribution in [0.4, 0.5) is 8.78 Å². The summed E-state index contributed by atoms with van der Waals surface area (Å²) in [7, 11) is 1.62. The zero-order chi connectivity index (χ0) is 19.9. The predicted octanol–water partition coefficient (Wildman–Crippen LogP) is 3.90. The maximum Gasteiger partial charge on any atom is 0.387 e. The number of rotatable bonds is 7. The van der Waals surface area contributed by atoms with E-state index < -0.39 is 12.7 Å². The number of aliphatic hydroxyl groups excluding tert-OH is 1. The number of thiophene rings is 1. The SMILES string of the molecule is CN=C(NCc1cccc(OC(F)F)c1)NCC(O)c1cc2ccccc2s1. The van der Waals surface area contributed by atoms with Crippen molar-refractivity contribution in [2.45, 2.75) is 19.3 Å². The molecule has 0 bridgehead atoms. The molecule has 0 radical (unpaired) electrons. The number of alkyl halides is 2. The van der Waals surface area contributed by atoms with Gasteiger partial charge in [0.25, 0.3) is 0 Å². The fraction of sp³-hybridized carbons (Fsp3) is 0.250. The van der Waals surface area contributed by atoms with E-state index in [0.717, 1.165) is 20.5 Å². The molecule has 2 aromatic carbocycles. The highest BCUT2D eigenvalue weighted by Gasteiger charge is 2.12. The number of halogens is 2. The van der Waals surface area contributed by atoms with Gasteiger partial charge in [-0.1, -0.05) is 30.3 Å². The molecule has 1 unspecified atom stereocenters. The lowest BCUT2D eigenvalue weighted by molar-refractivity contribution is -0.0498. The van der Waals surface area contributed by atoms with Crippen LogP contribution in [-0.4, -0.2) is 31.3 Å². The van der Waals surface area contributed by atoms with E-state index in [1.165, 1.54) is 6.07 Å². The van der Waals surface area contributed by atoms with Gasteiger partial charge >= 0.3 is 6.61 Å². The Morgan fingerprint density at radius 2 is 1.96 bits per heavy atom. The predicted molar refractivity (Wildman–Crippen MR) is 108 cm³/mol. The summed E-state index contributed by atoms with van der Waals surface area (Å²) < 4.78 is 30.2. The van der Waals surface area contributed by atoms with Crippen molar-refractivity contribution in [2.24, 2.45) is 4.99 Å². The van der Waals surface area contributed by atoms with Crippen molar-refractivity contribution in [3.63, 3.8) is 0 Å². The number of nitrogens with zero attached hydrogens (tertiary/aromatic N) is 1. The Kier molecular flexibility index (Phi) is 6.78. The lowest BCUT2D eigenvalue weighted by Gasteiger charge is -2.15. The Morgan fingerprint density at radius 1 is 1.14 bits per heavy atom. The summed E-state index contributed by atoms with van der Waals surface area (Å²) in [5.74, 6) is 0.609. The first-order valence-corrected chi connectivity index (χ1v) is 9.51. The second kappa shape index (κ2) is 9.48. The fourth-order valence-corrected chi connectivity index (χ4v) is 3.75. The van der Waals surface area contributed by atoms with Crippen molar-refractivity contribution in [1.82, 2.24) is 10.6 Å². The third kappa shape index (κ3) is 5.40. The van der Waals surface area contributed by atoms with Crippen LogP contribution in [0.5, 0.6) is 5.75 Å². The van der Waals surface area contributed by atoms with Crippen LogP contribution >= 0.6 is 11.3 Å². The highest BCUT2D eigenvalue weighted by atomic mass is 32.1. The number of aliphatic imine (C=N–C) groups is 1. The summed E-state index contributed by atoms with van der Waals surface area (Å²) >= 11 is 1.56. The second-order valence-electron chi connectivity index (χ2n) is 6.03. The number of guanidine groups is 1. The Morgan fingerprint density at radius 3 is 2.71 bits per heavy atom. The summed E-state index contributed by atoms with van der Waals surface area (Å²) in [6.07, 6.45) is -0.668. The Labute approximate surface area is 165 Å². The van der Waals surface area contributed by atoms with E-state index >= 15 is 0 Å². The van der Waals surface area contributed by atoms with Crippen LogP contribution in [0.15, 0.2) is 59.6 Å². The summed E-state index contributed by atoms with van der Waals surface area (Å²) in [5.41, 5.74) is 0.770. The van der Waals surface area contributed by atoms with Gasteiger partial charge in [-0.05, 0) is 35.2 Å². The summed E-state index contributed by atoms with van der Waals surface area (Å²) in [5, 5.41) is 17.7. The van der Waals surface area contributed by atoms with Crippen molar-refractivity contribution in [2.75, 3.05) is 13.6 Å². The molecule has 1 aromatic heterocycles. The molecule has 0 spiro atoms. The average molecular weight is 405 g/mol. The molecule has 28 heavy (non-hydrogen) atoms. The molecular weight excluding hydrogens is 384 g/mol. The number of nitrogens with one attached hydrogen (secondary N) is 2. The third-order valence-corrected chi connectivity index (χ3v) is 5.26. The van der Waals surface area contributed by atoms with E-state index in [2.05, 4.69) is 20.4 Å². The molecule has 0 aliphatic carbocycles. The van der Waals surface area contributed by atoms with Gasteiger partial charge in [-0.3, -0.25) is 4.99 Å². The third-order valence-electron chi connectivity index (χ3n) is 4.04. The van der Waals surface area contributed by atoms with Gasteiger partial charge in [0.1, 0.15) is 11.9 Å². The van der Waals surface area contributed by atoms with Crippen LogP contribution in [-0.2, 0) is 6.54 Å². The van der Waals surface area contributed by atoms with Crippen molar-refractivity contribution in [3.05, 3.63) is 65.0 Å². The minimum absolute atomic E-state index is 0.109. The van der Waals surface area contributed by atoms with Crippen LogP contribution < -0.4 is 15.4 Å². The molecule has 5 nitrogen and oxygen atoms in total. The lowest BCUT2D eigenvalue weighted by Crippen LogP contribution is -2.38. The molecule has 8 heteroatoms. The van der Waals surface area contributed by atoms with Crippen LogP contribution in [0.1, 0.15) is 16.5 Å². The lowest BCUT2D eigenvalue weighted by atomic mass is 10.2. The van der Waals surface area contributed by atoms with Gasteiger partial charge in [-0.15, -0.1) is 11.3 Å². The van der Waals surface area contributed by atoms with Gasteiger partial charge in [-0.2, -0.15) is 8.78 Å². The van der Waals surface area contributed by atoms with Gasteiger partial charge in [0.15, 0.2) is 5.96 Å². The van der Waals surface area contributed by atoms with Gasteiger partial charge < -0.3 is 20.5 Å². The highest BCUT2D eigenvalue weighted by molar-refractivity contribution is 7.19. The Balaban J connectivity index is 1.53. The Hall–Kier alpha value is -2.71. The van der Waals surface area contributed by atoms with Crippen LogP contribution in [0.25, 0.3) is 10.1 Å². The summed E-state index contributed by atoms with van der Waals surface area (Å²) in [6.45, 7) is -2.19. The number of hydrogen-bond donors (Lipinski definition) is 3. The largest absolute Gasteiger partial charge is 0.435 e. The van der Waals surface area contributed by atoms with Crippen molar-refractivity contribution in [3.8, 4) is 5.75 Å². The maximum atomic E-state index is 12.3. The zero-order valence-corrected chi connectivity index (χ0v) is 16.0. The molecule has 0 amide bonds. The first-order chi connectivity index (χ1) is 13.5. The smallest absolute Gasteiger partial charge is 0.387 e. The molecule has 3 rings (SSSR count). The molecule has 0 aliphatic rings. The molecule has 0 saturated heterocycles. The number of benzene rings is 2. The Bertz CT molecular complexity index is 913. The van der Waals surface area contributed by atoms with E-state index in [9.17, 15) is 13.9 Å². The second-order valence-corrected chi connectivity index (χ2v) is 7.15. The molecule has 1 heterocycles. The van der Waals surface area contributed by atoms with Crippen LogP contribution in [0, 0.1) is 0 Å². The molecular formula is C20H21F2N3O2S. The van der Waals surface area contributed by atoms with E-state index in [1.54, 1.807) is 36.6 Å². The van der Waals surface area contributed by atoms with Crippen molar-refractivity contribution in [1.29, 1.82) is 0 Å². The molecule has 1 atom stereocenters. The number of fused-ring (bicyclic) bond motifs is 1. The first kappa shape index (κ1) is 20.0.